The number of aryl methyl sites for hydroxylation is 1. The van der Waals surface area contributed by atoms with Gasteiger partial charge in [-0.25, -0.2) is 4.98 Å². The zero-order chi connectivity index (χ0) is 21.1. The monoisotopic (exact) mass is 425 g/mol. The predicted molar refractivity (Wildman–Crippen MR) is 117 cm³/mol. The van der Waals surface area contributed by atoms with Crippen LogP contribution in [0.3, 0.4) is 0 Å². The summed E-state index contributed by atoms with van der Waals surface area (Å²) in [6, 6.07) is 12.2. The molecule has 1 saturated heterocycles. The summed E-state index contributed by atoms with van der Waals surface area (Å²) in [5, 5.41) is 11.5. The first kappa shape index (κ1) is 20.4. The summed E-state index contributed by atoms with van der Waals surface area (Å²) in [7, 11) is 0. The molecule has 0 aliphatic carbocycles. The molecule has 8 heteroatoms. The number of para-hydroxylation sites is 1. The number of aromatic nitrogens is 1. The Morgan fingerprint density at radius 3 is 2.77 bits per heavy atom. The Morgan fingerprint density at radius 1 is 1.30 bits per heavy atom. The summed E-state index contributed by atoms with van der Waals surface area (Å²) >= 11 is 1.51. The van der Waals surface area contributed by atoms with E-state index in [0.717, 1.165) is 47.2 Å². The number of fused-ring (bicyclic) bond motifs is 1. The number of nitro groups is 1. The first-order chi connectivity index (χ1) is 14.5. The van der Waals surface area contributed by atoms with Gasteiger partial charge in [0.05, 0.1) is 34.2 Å². The topological polar surface area (TPSA) is 85.6 Å². The molecule has 0 bridgehead atoms. The van der Waals surface area contributed by atoms with Crippen molar-refractivity contribution in [1.29, 1.82) is 0 Å². The number of hydrogen-bond acceptors (Lipinski definition) is 6. The van der Waals surface area contributed by atoms with Crippen molar-refractivity contribution in [2.45, 2.75) is 38.7 Å². The van der Waals surface area contributed by atoms with Crippen molar-refractivity contribution in [2.75, 3.05) is 18.1 Å². The van der Waals surface area contributed by atoms with Crippen molar-refractivity contribution >= 4 is 38.3 Å². The van der Waals surface area contributed by atoms with Crippen molar-refractivity contribution in [1.82, 2.24) is 4.98 Å². The van der Waals surface area contributed by atoms with Crippen molar-refractivity contribution in [3.8, 4) is 0 Å². The van der Waals surface area contributed by atoms with Crippen LogP contribution in [0.4, 0.5) is 10.8 Å². The van der Waals surface area contributed by atoms with Gasteiger partial charge < -0.3 is 4.74 Å². The van der Waals surface area contributed by atoms with Crippen LogP contribution in [-0.2, 0) is 22.4 Å². The van der Waals surface area contributed by atoms with E-state index >= 15 is 0 Å². The Bertz CT molecular complexity index is 1060. The minimum atomic E-state index is -0.443. The molecule has 1 amide bonds. The molecule has 1 fully saturated rings. The normalized spacial score (nSPS) is 16.1. The molecule has 0 N–H and O–H groups in total. The van der Waals surface area contributed by atoms with Gasteiger partial charge in [-0.05, 0) is 36.5 Å². The number of carbonyl (C=O) groups is 1. The Kier molecular flexibility index (Phi) is 6.06. The average molecular weight is 426 g/mol. The molecule has 0 spiro atoms. The lowest BCUT2D eigenvalue weighted by Gasteiger charge is -2.23. The van der Waals surface area contributed by atoms with E-state index in [2.05, 4.69) is 13.0 Å². The largest absolute Gasteiger partial charge is 0.376 e. The molecule has 1 aliphatic rings. The second-order valence-electron chi connectivity index (χ2n) is 7.35. The Labute approximate surface area is 178 Å². The summed E-state index contributed by atoms with van der Waals surface area (Å²) in [6.07, 6.45) is 2.95. The number of thiazole rings is 1. The highest BCUT2D eigenvalue weighted by molar-refractivity contribution is 7.22. The van der Waals surface area contributed by atoms with E-state index in [1.54, 1.807) is 17.0 Å². The molecule has 1 aliphatic heterocycles. The Morgan fingerprint density at radius 2 is 2.10 bits per heavy atom. The lowest BCUT2D eigenvalue weighted by Crippen LogP contribution is -2.38. The molecule has 2 heterocycles. The molecule has 1 atom stereocenters. The molecular formula is C22H23N3O4S. The zero-order valence-corrected chi connectivity index (χ0v) is 17.6. The van der Waals surface area contributed by atoms with Gasteiger partial charge in [0.15, 0.2) is 5.13 Å². The third kappa shape index (κ3) is 4.34. The van der Waals surface area contributed by atoms with Gasteiger partial charge in [-0.3, -0.25) is 19.8 Å². The number of hydrogen-bond donors (Lipinski definition) is 0. The Hall–Kier alpha value is -2.84. The van der Waals surface area contributed by atoms with E-state index in [9.17, 15) is 14.9 Å². The van der Waals surface area contributed by atoms with Crippen LogP contribution in [0.15, 0.2) is 42.5 Å². The zero-order valence-electron chi connectivity index (χ0n) is 16.7. The van der Waals surface area contributed by atoms with E-state index < -0.39 is 4.92 Å². The number of nitrogens with zero attached hydrogens (tertiary/aromatic N) is 3. The van der Waals surface area contributed by atoms with Crippen LogP contribution >= 0.6 is 11.3 Å². The van der Waals surface area contributed by atoms with E-state index in [-0.39, 0.29) is 24.1 Å². The van der Waals surface area contributed by atoms with Gasteiger partial charge in [0, 0.05) is 18.7 Å². The van der Waals surface area contributed by atoms with E-state index in [1.165, 1.54) is 23.5 Å². The number of nitro benzene ring substituents is 1. The van der Waals surface area contributed by atoms with Crippen LogP contribution in [0.2, 0.25) is 0 Å². The van der Waals surface area contributed by atoms with Crippen LogP contribution in [0.25, 0.3) is 10.2 Å². The molecule has 156 valence electrons. The summed E-state index contributed by atoms with van der Waals surface area (Å²) < 4.78 is 6.83. The fourth-order valence-electron chi connectivity index (χ4n) is 3.68. The maximum atomic E-state index is 13.3. The van der Waals surface area contributed by atoms with Crippen LogP contribution in [0.1, 0.15) is 30.9 Å². The molecule has 0 saturated carbocycles. The van der Waals surface area contributed by atoms with Crippen molar-refractivity contribution in [3.05, 3.63) is 63.7 Å². The van der Waals surface area contributed by atoms with Crippen molar-refractivity contribution < 1.29 is 14.5 Å². The SMILES string of the molecule is CCc1cccc2sc(N(CC3CCCO3)C(=O)Cc3ccc([N+](=O)[O-])cc3)nc12. The van der Waals surface area contributed by atoms with E-state index in [4.69, 9.17) is 9.72 Å². The molecule has 2 aromatic carbocycles. The van der Waals surface area contributed by atoms with E-state index in [1.807, 2.05) is 12.1 Å². The molecule has 3 aromatic rings. The maximum absolute atomic E-state index is 13.3. The first-order valence-electron chi connectivity index (χ1n) is 10.1. The second-order valence-corrected chi connectivity index (χ2v) is 8.36. The molecule has 4 rings (SSSR count). The van der Waals surface area contributed by atoms with Gasteiger partial charge >= 0.3 is 0 Å². The van der Waals surface area contributed by atoms with Crippen molar-refractivity contribution in [2.24, 2.45) is 0 Å². The quantitative estimate of drug-likeness (QED) is 0.410. The standard InChI is InChI=1S/C22H23N3O4S/c1-2-16-5-3-7-19-21(16)23-22(30-19)24(14-18-6-4-12-29-18)20(26)13-15-8-10-17(11-9-15)25(27)28/h3,5,7-11,18H,2,4,6,12-14H2,1H3. The van der Waals surface area contributed by atoms with Gasteiger partial charge in [0.25, 0.3) is 5.69 Å². The fraction of sp³-hybridized carbons (Fsp3) is 0.364. The summed E-state index contributed by atoms with van der Waals surface area (Å²) in [5.74, 6) is -0.0866. The van der Waals surface area contributed by atoms with E-state index in [0.29, 0.717) is 11.7 Å². The molecule has 1 unspecified atom stereocenters. The van der Waals surface area contributed by atoms with Crippen LogP contribution in [0.5, 0.6) is 0 Å². The number of anilines is 1. The minimum Gasteiger partial charge on any atom is -0.376 e. The second kappa shape index (κ2) is 8.89. The van der Waals surface area contributed by atoms with Crippen LogP contribution in [-0.4, -0.2) is 35.1 Å². The predicted octanol–water partition coefficient (Wildman–Crippen LogP) is 4.52. The van der Waals surface area contributed by atoms with Gasteiger partial charge in [-0.15, -0.1) is 0 Å². The van der Waals surface area contributed by atoms with Gasteiger partial charge in [0.2, 0.25) is 5.91 Å². The number of ether oxygens (including phenoxy) is 1. The lowest BCUT2D eigenvalue weighted by atomic mass is 10.1. The van der Waals surface area contributed by atoms with Crippen LogP contribution < -0.4 is 4.90 Å². The molecule has 0 radical (unpaired) electrons. The number of amides is 1. The van der Waals surface area contributed by atoms with Crippen LogP contribution in [0, 0.1) is 10.1 Å². The number of non-ortho nitro benzene ring substituents is 1. The molecule has 7 nitrogen and oxygen atoms in total. The third-order valence-electron chi connectivity index (χ3n) is 5.32. The maximum Gasteiger partial charge on any atom is 0.269 e. The fourth-order valence-corrected chi connectivity index (χ4v) is 4.72. The highest BCUT2D eigenvalue weighted by Crippen LogP contribution is 2.32. The molecule has 1 aromatic heterocycles. The van der Waals surface area contributed by atoms with Gasteiger partial charge in [0.1, 0.15) is 0 Å². The third-order valence-corrected chi connectivity index (χ3v) is 6.36. The van der Waals surface area contributed by atoms with Crippen molar-refractivity contribution in [3.63, 3.8) is 0 Å². The number of rotatable bonds is 7. The summed E-state index contributed by atoms with van der Waals surface area (Å²) in [5.41, 5.74) is 2.86. The molecular weight excluding hydrogens is 402 g/mol. The molecule has 30 heavy (non-hydrogen) atoms. The van der Waals surface area contributed by atoms with Gasteiger partial charge in [-0.1, -0.05) is 42.5 Å². The summed E-state index contributed by atoms with van der Waals surface area (Å²) in [6.45, 7) is 3.28. The van der Waals surface area contributed by atoms with Gasteiger partial charge in [-0.2, -0.15) is 0 Å². The first-order valence-corrected chi connectivity index (χ1v) is 10.9. The summed E-state index contributed by atoms with van der Waals surface area (Å²) in [4.78, 5) is 30.2. The lowest BCUT2D eigenvalue weighted by molar-refractivity contribution is -0.384. The number of carbonyl (C=O) groups excluding carboxylic acids is 1. The smallest absolute Gasteiger partial charge is 0.269 e. The number of benzene rings is 2. The Balaban J connectivity index is 1.62. The highest BCUT2D eigenvalue weighted by atomic mass is 32.1. The average Bonchev–Trinajstić information content (AvgIpc) is 3.41. The minimum absolute atomic E-state index is 0.00321. The highest BCUT2D eigenvalue weighted by Gasteiger charge is 2.26.